The maximum absolute atomic E-state index is 11.0. The fourth-order valence-corrected chi connectivity index (χ4v) is 2.06. The fraction of sp³-hybridized carbons (Fsp3) is 1.00. The summed E-state index contributed by atoms with van der Waals surface area (Å²) >= 11 is 3.17. The van der Waals surface area contributed by atoms with Crippen LogP contribution < -0.4 is 0 Å². The first-order chi connectivity index (χ1) is 4.54. The average Bonchev–Trinajstić information content (AvgIpc) is 1.89. The monoisotopic (exact) mass is 229 g/mol. The van der Waals surface area contributed by atoms with Gasteiger partial charge in [-0.05, 0) is 6.92 Å². The van der Waals surface area contributed by atoms with Crippen LogP contribution >= 0.6 is 15.9 Å². The predicted molar refractivity (Wildman–Crippen MR) is 45.9 cm³/mol. The van der Waals surface area contributed by atoms with Crippen LogP contribution in [-0.2, 0) is 10.0 Å². The molecule has 0 unspecified atom stereocenters. The van der Waals surface area contributed by atoms with Gasteiger partial charge < -0.3 is 0 Å². The molecule has 0 radical (unpaired) electrons. The lowest BCUT2D eigenvalue weighted by atomic mass is 10.8. The molecule has 0 saturated carbocycles. The van der Waals surface area contributed by atoms with Crippen LogP contribution in [0.25, 0.3) is 0 Å². The highest BCUT2D eigenvalue weighted by atomic mass is 79.9. The summed E-state index contributed by atoms with van der Waals surface area (Å²) in [6.45, 7) is 2.18. The molecule has 0 aromatic rings. The van der Waals surface area contributed by atoms with E-state index >= 15 is 0 Å². The molecule has 0 aromatic heterocycles. The Bertz CT molecular complexity index is 178. The van der Waals surface area contributed by atoms with E-state index in [1.165, 1.54) is 4.31 Å². The van der Waals surface area contributed by atoms with Crippen molar-refractivity contribution >= 4 is 26.0 Å². The first-order valence-electron chi connectivity index (χ1n) is 3.04. The van der Waals surface area contributed by atoms with Crippen LogP contribution in [0.4, 0.5) is 0 Å². The smallest absolute Gasteiger partial charge is 0.212 e. The Morgan fingerprint density at radius 3 is 2.30 bits per heavy atom. The van der Waals surface area contributed by atoms with Crippen LogP contribution in [0.2, 0.25) is 0 Å². The second-order valence-corrected chi connectivity index (χ2v) is 5.07. The molecule has 5 heteroatoms. The molecule has 0 aliphatic carbocycles. The molecule has 0 bridgehead atoms. The molecule has 0 fully saturated rings. The van der Waals surface area contributed by atoms with Gasteiger partial charge in [-0.25, -0.2) is 12.7 Å². The quantitative estimate of drug-likeness (QED) is 0.665. The maximum atomic E-state index is 11.0. The zero-order valence-corrected chi connectivity index (χ0v) is 8.57. The van der Waals surface area contributed by atoms with Gasteiger partial charge in [0.05, 0.1) is 5.75 Å². The van der Waals surface area contributed by atoms with E-state index in [9.17, 15) is 8.42 Å². The zero-order chi connectivity index (χ0) is 8.20. The van der Waals surface area contributed by atoms with E-state index < -0.39 is 10.0 Å². The van der Waals surface area contributed by atoms with E-state index in [1.54, 1.807) is 14.0 Å². The normalized spacial score (nSPS) is 12.4. The Morgan fingerprint density at radius 2 is 2.00 bits per heavy atom. The summed E-state index contributed by atoms with van der Waals surface area (Å²) in [6, 6.07) is 0. The molecule has 0 aromatic carbocycles. The maximum Gasteiger partial charge on any atom is 0.213 e. The number of halogens is 1. The summed E-state index contributed by atoms with van der Waals surface area (Å²) in [5.74, 6) is 0.177. The molecule has 0 heterocycles. The van der Waals surface area contributed by atoms with Gasteiger partial charge in [0.15, 0.2) is 0 Å². The van der Waals surface area contributed by atoms with Gasteiger partial charge in [-0.3, -0.25) is 0 Å². The van der Waals surface area contributed by atoms with Gasteiger partial charge in [0.2, 0.25) is 10.0 Å². The van der Waals surface area contributed by atoms with E-state index in [1.807, 2.05) is 0 Å². The van der Waals surface area contributed by atoms with Crippen molar-refractivity contribution in [3.05, 3.63) is 0 Å². The topological polar surface area (TPSA) is 37.4 Å². The van der Waals surface area contributed by atoms with E-state index in [-0.39, 0.29) is 5.75 Å². The minimum absolute atomic E-state index is 0.177. The Morgan fingerprint density at radius 1 is 1.50 bits per heavy atom. The Kier molecular flexibility index (Phi) is 4.47. The molecule has 0 atom stereocenters. The molecular weight excluding hydrogens is 218 g/mol. The van der Waals surface area contributed by atoms with Gasteiger partial charge >= 0.3 is 0 Å². The minimum Gasteiger partial charge on any atom is -0.212 e. The van der Waals surface area contributed by atoms with E-state index in [2.05, 4.69) is 15.9 Å². The average molecular weight is 230 g/mol. The van der Waals surface area contributed by atoms with Crippen LogP contribution in [0.15, 0.2) is 0 Å². The largest absolute Gasteiger partial charge is 0.213 e. The highest BCUT2D eigenvalue weighted by Crippen LogP contribution is 1.97. The van der Waals surface area contributed by atoms with Crippen molar-refractivity contribution in [3.63, 3.8) is 0 Å². The first kappa shape index (κ1) is 10.4. The highest BCUT2D eigenvalue weighted by molar-refractivity contribution is 9.09. The van der Waals surface area contributed by atoms with Gasteiger partial charge in [0.25, 0.3) is 0 Å². The van der Waals surface area contributed by atoms with Crippen LogP contribution in [0.3, 0.4) is 0 Å². The van der Waals surface area contributed by atoms with E-state index in [4.69, 9.17) is 0 Å². The van der Waals surface area contributed by atoms with Crippen LogP contribution in [0.5, 0.6) is 0 Å². The van der Waals surface area contributed by atoms with Crippen LogP contribution in [0, 0.1) is 0 Å². The molecule has 62 valence electrons. The SMILES string of the molecule is CCS(=O)(=O)N(C)CCBr. The van der Waals surface area contributed by atoms with Crippen molar-refractivity contribution in [2.75, 3.05) is 24.7 Å². The standard InChI is InChI=1S/C5H12BrNO2S/c1-3-10(8,9)7(2)5-4-6/h3-5H2,1-2H3. The number of hydrogen-bond acceptors (Lipinski definition) is 2. The number of hydrogen-bond donors (Lipinski definition) is 0. The number of alkyl halides is 1. The lowest BCUT2D eigenvalue weighted by Crippen LogP contribution is -2.29. The van der Waals surface area contributed by atoms with Crippen LogP contribution in [0.1, 0.15) is 6.92 Å². The fourth-order valence-electron chi connectivity index (χ4n) is 0.478. The predicted octanol–water partition coefficient (Wildman–Crippen LogP) is 0.663. The molecular formula is C5H12BrNO2S. The molecule has 10 heavy (non-hydrogen) atoms. The van der Waals surface area contributed by atoms with E-state index in [0.29, 0.717) is 11.9 Å². The molecule has 0 saturated heterocycles. The Labute approximate surface area is 70.6 Å². The van der Waals surface area contributed by atoms with Crippen LogP contribution in [-0.4, -0.2) is 37.4 Å². The molecule has 0 rings (SSSR count). The summed E-state index contributed by atoms with van der Waals surface area (Å²) in [6.07, 6.45) is 0. The van der Waals surface area contributed by atoms with Crippen molar-refractivity contribution in [1.82, 2.24) is 4.31 Å². The number of nitrogens with zero attached hydrogens (tertiary/aromatic N) is 1. The van der Waals surface area contributed by atoms with Gasteiger partial charge in [-0.1, -0.05) is 15.9 Å². The lowest BCUT2D eigenvalue weighted by molar-refractivity contribution is 0.490. The minimum atomic E-state index is -2.96. The number of rotatable bonds is 4. The third-order valence-electron chi connectivity index (χ3n) is 1.24. The Hall–Kier alpha value is 0.390. The molecule has 0 aliphatic heterocycles. The highest BCUT2D eigenvalue weighted by Gasteiger charge is 2.12. The van der Waals surface area contributed by atoms with Crippen molar-refractivity contribution < 1.29 is 8.42 Å². The first-order valence-corrected chi connectivity index (χ1v) is 5.77. The molecule has 0 N–H and O–H groups in total. The molecule has 3 nitrogen and oxygen atoms in total. The van der Waals surface area contributed by atoms with Crippen molar-refractivity contribution in [2.45, 2.75) is 6.92 Å². The Balaban J connectivity index is 4.06. The van der Waals surface area contributed by atoms with Crippen molar-refractivity contribution in [1.29, 1.82) is 0 Å². The van der Waals surface area contributed by atoms with Crippen molar-refractivity contribution in [2.24, 2.45) is 0 Å². The van der Waals surface area contributed by atoms with Gasteiger partial charge in [-0.15, -0.1) is 0 Å². The summed E-state index contributed by atoms with van der Waals surface area (Å²) in [7, 11) is -1.37. The summed E-state index contributed by atoms with van der Waals surface area (Å²) in [5, 5.41) is 0.683. The van der Waals surface area contributed by atoms with E-state index in [0.717, 1.165) is 0 Å². The van der Waals surface area contributed by atoms with Crippen molar-refractivity contribution in [3.8, 4) is 0 Å². The number of sulfonamides is 1. The van der Waals surface area contributed by atoms with Gasteiger partial charge in [0, 0.05) is 18.9 Å². The summed E-state index contributed by atoms with van der Waals surface area (Å²) in [5.41, 5.74) is 0. The van der Waals surface area contributed by atoms with Gasteiger partial charge in [-0.2, -0.15) is 0 Å². The third kappa shape index (κ3) is 2.98. The second-order valence-electron chi connectivity index (χ2n) is 1.91. The zero-order valence-electron chi connectivity index (χ0n) is 6.17. The molecule has 0 amide bonds. The summed E-state index contributed by atoms with van der Waals surface area (Å²) in [4.78, 5) is 0. The molecule has 0 spiro atoms. The van der Waals surface area contributed by atoms with Gasteiger partial charge in [0.1, 0.15) is 0 Å². The second kappa shape index (κ2) is 4.31. The molecule has 0 aliphatic rings. The lowest BCUT2D eigenvalue weighted by Gasteiger charge is -2.13. The third-order valence-corrected chi connectivity index (χ3v) is 3.46. The summed E-state index contributed by atoms with van der Waals surface area (Å²) < 4.78 is 23.3.